The van der Waals surface area contributed by atoms with E-state index in [1.807, 2.05) is 4.90 Å². The molecule has 0 saturated carbocycles. The van der Waals surface area contributed by atoms with Crippen molar-refractivity contribution >= 4 is 17.4 Å². The number of halogens is 1. The van der Waals surface area contributed by atoms with Crippen LogP contribution in [0.2, 0.25) is 0 Å². The van der Waals surface area contributed by atoms with Crippen LogP contribution in [0.3, 0.4) is 0 Å². The van der Waals surface area contributed by atoms with Crippen LogP contribution in [0.25, 0.3) is 0 Å². The first-order valence-corrected chi connectivity index (χ1v) is 12.2. The predicted molar refractivity (Wildman–Crippen MR) is 125 cm³/mol. The molecule has 3 heterocycles. The van der Waals surface area contributed by atoms with E-state index in [4.69, 9.17) is 4.74 Å². The number of nitrogens with zero attached hydrogens (tertiary/aromatic N) is 2. The molecule has 6 heteroatoms. The number of hydrogen-bond donors (Lipinski definition) is 0. The number of ketones is 1. The molecule has 0 N–H and O–H groups in total. The average Bonchev–Trinajstić information content (AvgIpc) is 3.27. The van der Waals surface area contributed by atoms with E-state index in [1.165, 1.54) is 23.3 Å². The lowest BCUT2D eigenvalue weighted by molar-refractivity contribution is -0.118. The number of carbonyl (C=O) groups is 2. The molecule has 1 fully saturated rings. The summed E-state index contributed by atoms with van der Waals surface area (Å²) in [5.41, 5.74) is 4.25. The molecule has 5 rings (SSSR count). The third-order valence-electron chi connectivity index (χ3n) is 7.25. The van der Waals surface area contributed by atoms with Gasteiger partial charge in [0.2, 0.25) is 5.91 Å². The molecule has 3 aliphatic heterocycles. The molecular weight excluding hydrogens is 419 g/mol. The quantitative estimate of drug-likeness (QED) is 0.442. The molecule has 0 aromatic heterocycles. The van der Waals surface area contributed by atoms with Crippen LogP contribution in [0.1, 0.15) is 53.6 Å². The fourth-order valence-corrected chi connectivity index (χ4v) is 5.41. The molecule has 1 saturated heterocycles. The lowest BCUT2D eigenvalue weighted by Gasteiger charge is -2.31. The molecule has 1 amide bonds. The van der Waals surface area contributed by atoms with Crippen molar-refractivity contribution in [2.24, 2.45) is 5.92 Å². The Morgan fingerprint density at radius 3 is 2.45 bits per heavy atom. The van der Waals surface area contributed by atoms with E-state index < -0.39 is 0 Å². The Bertz CT molecular complexity index is 1030. The number of unbranched alkanes of at least 4 members (excludes halogenated alkanes) is 1. The second-order valence-electron chi connectivity index (χ2n) is 9.43. The second-order valence-corrected chi connectivity index (χ2v) is 9.43. The molecule has 0 atom stereocenters. The Hall–Kier alpha value is -2.73. The van der Waals surface area contributed by atoms with Gasteiger partial charge in [0.05, 0.1) is 12.3 Å². The highest BCUT2D eigenvalue weighted by Gasteiger charge is 2.31. The minimum atomic E-state index is -0.306. The summed E-state index contributed by atoms with van der Waals surface area (Å²) in [7, 11) is 0. The van der Waals surface area contributed by atoms with E-state index in [1.54, 1.807) is 12.1 Å². The summed E-state index contributed by atoms with van der Waals surface area (Å²) in [6, 6.07) is 10.1. The van der Waals surface area contributed by atoms with Crippen LogP contribution in [0, 0.1) is 11.7 Å². The van der Waals surface area contributed by atoms with Gasteiger partial charge in [-0.3, -0.25) is 9.59 Å². The Kier molecular flexibility index (Phi) is 6.45. The fourth-order valence-electron chi connectivity index (χ4n) is 5.41. The lowest BCUT2D eigenvalue weighted by Crippen LogP contribution is -2.37. The molecule has 0 radical (unpaired) electrons. The van der Waals surface area contributed by atoms with Crippen LogP contribution in [-0.4, -0.2) is 49.4 Å². The number of anilines is 1. The van der Waals surface area contributed by atoms with E-state index in [9.17, 15) is 14.0 Å². The number of amides is 1. The van der Waals surface area contributed by atoms with E-state index >= 15 is 0 Å². The zero-order valence-corrected chi connectivity index (χ0v) is 19.0. The molecule has 3 aliphatic rings. The van der Waals surface area contributed by atoms with E-state index in [0.29, 0.717) is 18.6 Å². The minimum Gasteiger partial charge on any atom is -0.494 e. The SMILES string of the molecule is O=C(c1ccc(F)cc1)C1CCN(CCCCOc2cc3c4c(c2)CCN4C(=O)CC3)CC1. The maximum absolute atomic E-state index is 13.1. The highest BCUT2D eigenvalue weighted by molar-refractivity contribution is 5.99. The number of Topliss-reactive ketones (excluding diaryl/α,β-unsaturated/α-hetero) is 1. The lowest BCUT2D eigenvalue weighted by atomic mass is 9.89. The van der Waals surface area contributed by atoms with Crippen LogP contribution >= 0.6 is 0 Å². The van der Waals surface area contributed by atoms with Gasteiger partial charge < -0.3 is 14.5 Å². The van der Waals surface area contributed by atoms with Gasteiger partial charge in [-0.05, 0) is 106 Å². The fraction of sp³-hybridized carbons (Fsp3) is 0.481. The number of hydrogen-bond acceptors (Lipinski definition) is 4. The zero-order valence-electron chi connectivity index (χ0n) is 19.0. The summed E-state index contributed by atoms with van der Waals surface area (Å²) in [6.07, 6.45) is 6.12. The molecule has 0 spiro atoms. The maximum atomic E-state index is 13.1. The summed E-state index contributed by atoms with van der Waals surface area (Å²) >= 11 is 0. The Labute approximate surface area is 194 Å². The molecular formula is C27H31FN2O3. The normalized spacial score (nSPS) is 18.5. The number of ether oxygens (including phenoxy) is 1. The molecule has 174 valence electrons. The minimum absolute atomic E-state index is 0.0436. The van der Waals surface area contributed by atoms with Crippen molar-refractivity contribution in [2.45, 2.75) is 44.9 Å². The van der Waals surface area contributed by atoms with Crippen molar-refractivity contribution in [3.8, 4) is 5.75 Å². The van der Waals surface area contributed by atoms with Crippen molar-refractivity contribution in [1.82, 2.24) is 4.90 Å². The van der Waals surface area contributed by atoms with E-state index in [2.05, 4.69) is 17.0 Å². The van der Waals surface area contributed by atoms with Gasteiger partial charge in [0, 0.05) is 24.4 Å². The van der Waals surface area contributed by atoms with Gasteiger partial charge in [-0.15, -0.1) is 0 Å². The van der Waals surface area contributed by atoms with Crippen molar-refractivity contribution in [1.29, 1.82) is 0 Å². The Morgan fingerprint density at radius 2 is 1.70 bits per heavy atom. The topological polar surface area (TPSA) is 49.9 Å². The zero-order chi connectivity index (χ0) is 22.8. The average molecular weight is 451 g/mol. The number of benzene rings is 2. The van der Waals surface area contributed by atoms with Gasteiger partial charge in [-0.1, -0.05) is 0 Å². The smallest absolute Gasteiger partial charge is 0.227 e. The van der Waals surface area contributed by atoms with Crippen LogP contribution in [0.4, 0.5) is 10.1 Å². The van der Waals surface area contributed by atoms with Crippen molar-refractivity contribution in [3.63, 3.8) is 0 Å². The molecule has 33 heavy (non-hydrogen) atoms. The van der Waals surface area contributed by atoms with Gasteiger partial charge >= 0.3 is 0 Å². The van der Waals surface area contributed by atoms with Gasteiger partial charge in [-0.25, -0.2) is 4.39 Å². The molecule has 2 aromatic carbocycles. The third-order valence-corrected chi connectivity index (χ3v) is 7.25. The van der Waals surface area contributed by atoms with Crippen molar-refractivity contribution < 1.29 is 18.7 Å². The third kappa shape index (κ3) is 4.81. The van der Waals surface area contributed by atoms with E-state index in [-0.39, 0.29) is 23.4 Å². The van der Waals surface area contributed by atoms with Gasteiger partial charge in [0.25, 0.3) is 0 Å². The van der Waals surface area contributed by atoms with Crippen molar-refractivity contribution in [3.05, 3.63) is 58.9 Å². The first-order valence-electron chi connectivity index (χ1n) is 12.2. The summed E-state index contributed by atoms with van der Waals surface area (Å²) < 4.78 is 19.2. The largest absolute Gasteiger partial charge is 0.494 e. The monoisotopic (exact) mass is 450 g/mol. The molecule has 0 bridgehead atoms. The van der Waals surface area contributed by atoms with Crippen molar-refractivity contribution in [2.75, 3.05) is 37.7 Å². The Balaban J connectivity index is 1.03. The molecule has 2 aromatic rings. The van der Waals surface area contributed by atoms with Crippen LogP contribution in [0.15, 0.2) is 36.4 Å². The first-order chi connectivity index (χ1) is 16.1. The standard InChI is InChI=1S/C27H31FN2O3/c28-23-6-3-19(4-7-23)27(32)20-9-13-29(14-10-20)12-1-2-16-33-24-17-21-5-8-25(31)30-15-11-22(18-24)26(21)30/h3-4,6-7,17-18,20H,1-2,5,8-16H2. The number of carbonyl (C=O) groups excluding carboxylic acids is 2. The summed E-state index contributed by atoms with van der Waals surface area (Å²) in [5, 5.41) is 0. The van der Waals surface area contributed by atoms with Gasteiger partial charge in [0.1, 0.15) is 11.6 Å². The number of piperidine rings is 1. The number of rotatable bonds is 8. The van der Waals surface area contributed by atoms with Gasteiger partial charge in [-0.2, -0.15) is 0 Å². The van der Waals surface area contributed by atoms with Crippen LogP contribution in [0.5, 0.6) is 5.75 Å². The first kappa shape index (κ1) is 22.1. The summed E-state index contributed by atoms with van der Waals surface area (Å²) in [5.74, 6) is 1.06. The summed E-state index contributed by atoms with van der Waals surface area (Å²) in [4.78, 5) is 29.1. The maximum Gasteiger partial charge on any atom is 0.227 e. The predicted octanol–water partition coefficient (Wildman–Crippen LogP) is 4.41. The highest BCUT2D eigenvalue weighted by Crippen LogP contribution is 2.39. The highest BCUT2D eigenvalue weighted by atomic mass is 19.1. The Morgan fingerprint density at radius 1 is 0.970 bits per heavy atom. The van der Waals surface area contributed by atoms with Crippen LogP contribution in [-0.2, 0) is 17.6 Å². The molecule has 0 aliphatic carbocycles. The van der Waals surface area contributed by atoms with Crippen LogP contribution < -0.4 is 9.64 Å². The van der Waals surface area contributed by atoms with Gasteiger partial charge in [0.15, 0.2) is 5.78 Å². The molecule has 0 unspecified atom stereocenters. The second kappa shape index (κ2) is 9.64. The number of aryl methyl sites for hydroxylation is 1. The number of likely N-dealkylation sites (tertiary alicyclic amines) is 1. The summed E-state index contributed by atoms with van der Waals surface area (Å²) in [6.45, 7) is 4.38. The molecule has 5 nitrogen and oxygen atoms in total. The van der Waals surface area contributed by atoms with E-state index in [0.717, 1.165) is 76.1 Å².